The third-order valence-electron chi connectivity index (χ3n) is 3.25. The average Bonchev–Trinajstić information content (AvgIpc) is 2.37. The zero-order chi connectivity index (χ0) is 13.7. The van der Waals surface area contributed by atoms with Crippen LogP contribution in [0.5, 0.6) is 0 Å². The van der Waals surface area contributed by atoms with Gasteiger partial charge in [-0.1, -0.05) is 19.1 Å². The number of thioether (sulfide) groups is 1. The number of rotatable bonds is 5. The maximum absolute atomic E-state index is 12.4. The van der Waals surface area contributed by atoms with Gasteiger partial charge in [0.05, 0.1) is 5.56 Å². The highest BCUT2D eigenvalue weighted by Gasteiger charge is 2.21. The van der Waals surface area contributed by atoms with E-state index < -0.39 is 0 Å². The van der Waals surface area contributed by atoms with E-state index in [1.807, 2.05) is 31.0 Å². The first-order valence-electron chi connectivity index (χ1n) is 6.14. The number of aryl methyl sites for hydroxylation is 1. The van der Waals surface area contributed by atoms with Gasteiger partial charge in [-0.15, -0.1) is 0 Å². The SMILES string of the molecule is CCC(CSC)N(C)C(=O)c1cccc(C)c1N. The van der Waals surface area contributed by atoms with E-state index in [9.17, 15) is 4.79 Å². The zero-order valence-electron chi connectivity index (χ0n) is 11.6. The molecule has 1 amide bonds. The number of nitrogens with two attached hydrogens (primary N) is 1. The third-order valence-corrected chi connectivity index (χ3v) is 3.97. The monoisotopic (exact) mass is 266 g/mol. The van der Waals surface area contributed by atoms with Gasteiger partial charge in [-0.05, 0) is 31.2 Å². The molecular formula is C14H22N2OS. The van der Waals surface area contributed by atoms with Crippen LogP contribution in [-0.2, 0) is 0 Å². The summed E-state index contributed by atoms with van der Waals surface area (Å²) >= 11 is 1.76. The molecule has 0 aliphatic rings. The van der Waals surface area contributed by atoms with E-state index in [-0.39, 0.29) is 11.9 Å². The number of carbonyl (C=O) groups is 1. The van der Waals surface area contributed by atoms with Crippen LogP contribution in [0.15, 0.2) is 18.2 Å². The highest BCUT2D eigenvalue weighted by atomic mass is 32.2. The molecule has 0 saturated carbocycles. The van der Waals surface area contributed by atoms with Crippen LogP contribution < -0.4 is 5.73 Å². The molecule has 0 radical (unpaired) electrons. The van der Waals surface area contributed by atoms with Crippen LogP contribution in [0.3, 0.4) is 0 Å². The van der Waals surface area contributed by atoms with E-state index in [0.29, 0.717) is 11.3 Å². The number of nitrogens with zero attached hydrogens (tertiary/aromatic N) is 1. The van der Waals surface area contributed by atoms with Crippen molar-refractivity contribution in [1.82, 2.24) is 4.90 Å². The largest absolute Gasteiger partial charge is 0.398 e. The summed E-state index contributed by atoms with van der Waals surface area (Å²) < 4.78 is 0. The first kappa shape index (κ1) is 14.9. The van der Waals surface area contributed by atoms with Crippen molar-refractivity contribution in [3.05, 3.63) is 29.3 Å². The molecule has 1 aromatic rings. The number of hydrogen-bond donors (Lipinski definition) is 1. The van der Waals surface area contributed by atoms with Crippen molar-refractivity contribution >= 4 is 23.4 Å². The fraction of sp³-hybridized carbons (Fsp3) is 0.500. The Hall–Kier alpha value is -1.16. The quantitative estimate of drug-likeness (QED) is 0.834. The molecule has 1 atom stereocenters. The molecule has 4 heteroatoms. The summed E-state index contributed by atoms with van der Waals surface area (Å²) in [5.74, 6) is 0.960. The van der Waals surface area contributed by atoms with Gasteiger partial charge >= 0.3 is 0 Å². The first-order chi connectivity index (χ1) is 8.52. The second kappa shape index (κ2) is 6.69. The second-order valence-electron chi connectivity index (χ2n) is 4.47. The van der Waals surface area contributed by atoms with Crippen molar-refractivity contribution in [3.63, 3.8) is 0 Å². The number of hydrogen-bond acceptors (Lipinski definition) is 3. The Morgan fingerprint density at radius 3 is 2.72 bits per heavy atom. The van der Waals surface area contributed by atoms with E-state index in [0.717, 1.165) is 17.7 Å². The van der Waals surface area contributed by atoms with Crippen LogP contribution in [-0.4, -0.2) is 35.9 Å². The molecule has 0 fully saturated rings. The third kappa shape index (κ3) is 3.19. The van der Waals surface area contributed by atoms with Gasteiger partial charge in [0.2, 0.25) is 0 Å². The van der Waals surface area contributed by atoms with Gasteiger partial charge in [0.25, 0.3) is 5.91 Å². The molecule has 2 N–H and O–H groups in total. The molecular weight excluding hydrogens is 244 g/mol. The molecule has 0 spiro atoms. The molecule has 0 bridgehead atoms. The van der Waals surface area contributed by atoms with Crippen molar-refractivity contribution in [3.8, 4) is 0 Å². The number of amides is 1. The molecule has 18 heavy (non-hydrogen) atoms. The first-order valence-corrected chi connectivity index (χ1v) is 7.53. The summed E-state index contributed by atoms with van der Waals surface area (Å²) in [4.78, 5) is 14.2. The maximum atomic E-state index is 12.4. The summed E-state index contributed by atoms with van der Waals surface area (Å²) in [5.41, 5.74) is 8.13. The Labute approximate surface area is 114 Å². The van der Waals surface area contributed by atoms with Crippen LogP contribution in [0.4, 0.5) is 5.69 Å². The standard InChI is InChI=1S/C14H22N2OS/c1-5-11(9-18-4)16(3)14(17)12-8-6-7-10(2)13(12)15/h6-8,11H,5,9,15H2,1-4H3. The van der Waals surface area contributed by atoms with Crippen molar-refractivity contribution in [2.24, 2.45) is 0 Å². The minimum atomic E-state index is 0.0112. The van der Waals surface area contributed by atoms with Crippen LogP contribution >= 0.6 is 11.8 Å². The van der Waals surface area contributed by atoms with E-state index in [1.54, 1.807) is 17.8 Å². The molecule has 0 aliphatic heterocycles. The van der Waals surface area contributed by atoms with Gasteiger partial charge < -0.3 is 10.6 Å². The van der Waals surface area contributed by atoms with Crippen molar-refractivity contribution in [2.75, 3.05) is 24.8 Å². The summed E-state index contributed by atoms with van der Waals surface area (Å²) in [6.07, 6.45) is 3.01. The van der Waals surface area contributed by atoms with E-state index in [1.165, 1.54) is 0 Å². The maximum Gasteiger partial charge on any atom is 0.255 e. The van der Waals surface area contributed by atoms with Crippen molar-refractivity contribution < 1.29 is 4.79 Å². The minimum absolute atomic E-state index is 0.0112. The normalized spacial score (nSPS) is 12.2. The van der Waals surface area contributed by atoms with E-state index >= 15 is 0 Å². The molecule has 100 valence electrons. The molecule has 1 unspecified atom stereocenters. The Kier molecular flexibility index (Phi) is 5.54. The lowest BCUT2D eigenvalue weighted by molar-refractivity contribution is 0.0744. The second-order valence-corrected chi connectivity index (χ2v) is 5.38. The van der Waals surface area contributed by atoms with Gasteiger partial charge in [-0.3, -0.25) is 4.79 Å². The van der Waals surface area contributed by atoms with Crippen LogP contribution in [0, 0.1) is 6.92 Å². The lowest BCUT2D eigenvalue weighted by Crippen LogP contribution is -2.38. The number of anilines is 1. The van der Waals surface area contributed by atoms with Crippen molar-refractivity contribution in [2.45, 2.75) is 26.3 Å². The van der Waals surface area contributed by atoms with E-state index in [2.05, 4.69) is 13.2 Å². The molecule has 0 heterocycles. The lowest BCUT2D eigenvalue weighted by atomic mass is 10.1. The van der Waals surface area contributed by atoms with Crippen LogP contribution in [0.2, 0.25) is 0 Å². The Morgan fingerprint density at radius 2 is 2.17 bits per heavy atom. The highest BCUT2D eigenvalue weighted by molar-refractivity contribution is 7.98. The summed E-state index contributed by atoms with van der Waals surface area (Å²) in [5, 5.41) is 0. The van der Waals surface area contributed by atoms with Crippen molar-refractivity contribution in [1.29, 1.82) is 0 Å². The molecule has 3 nitrogen and oxygen atoms in total. The average molecular weight is 266 g/mol. The number of para-hydroxylation sites is 1. The van der Waals surface area contributed by atoms with Gasteiger partial charge in [0.15, 0.2) is 0 Å². The Balaban J connectivity index is 2.95. The Morgan fingerprint density at radius 1 is 1.50 bits per heavy atom. The van der Waals surface area contributed by atoms with Gasteiger partial charge in [0.1, 0.15) is 0 Å². The molecule has 0 saturated heterocycles. The summed E-state index contributed by atoms with van der Waals surface area (Å²) in [7, 11) is 1.86. The summed E-state index contributed by atoms with van der Waals surface area (Å²) in [6, 6.07) is 5.85. The molecule has 1 aromatic carbocycles. The predicted molar refractivity (Wildman–Crippen MR) is 80.1 cm³/mol. The Bertz CT molecular complexity index is 420. The predicted octanol–water partition coefficient (Wildman–Crippen LogP) is 2.79. The van der Waals surface area contributed by atoms with Crippen LogP contribution in [0.1, 0.15) is 29.3 Å². The molecule has 0 aliphatic carbocycles. The number of benzene rings is 1. The fourth-order valence-corrected chi connectivity index (χ4v) is 2.76. The van der Waals surface area contributed by atoms with Crippen LogP contribution in [0.25, 0.3) is 0 Å². The van der Waals surface area contributed by atoms with Gasteiger partial charge in [-0.2, -0.15) is 11.8 Å². The summed E-state index contributed by atoms with van der Waals surface area (Å²) in [6.45, 7) is 4.02. The minimum Gasteiger partial charge on any atom is -0.398 e. The fourth-order valence-electron chi connectivity index (χ4n) is 1.92. The molecule has 0 aromatic heterocycles. The smallest absolute Gasteiger partial charge is 0.255 e. The number of nitrogen functional groups attached to an aromatic ring is 1. The van der Waals surface area contributed by atoms with Gasteiger partial charge in [-0.25, -0.2) is 0 Å². The molecule has 1 rings (SSSR count). The highest BCUT2D eigenvalue weighted by Crippen LogP contribution is 2.20. The lowest BCUT2D eigenvalue weighted by Gasteiger charge is -2.27. The topological polar surface area (TPSA) is 46.3 Å². The van der Waals surface area contributed by atoms with Gasteiger partial charge in [0, 0.05) is 24.5 Å². The number of carbonyl (C=O) groups excluding carboxylic acids is 1. The zero-order valence-corrected chi connectivity index (χ0v) is 12.4. The van der Waals surface area contributed by atoms with E-state index in [4.69, 9.17) is 5.73 Å².